The Kier molecular flexibility index (Phi) is 5.68. The van der Waals surface area contributed by atoms with E-state index >= 15 is 0 Å². The summed E-state index contributed by atoms with van der Waals surface area (Å²) in [6.45, 7) is 8.74. The van der Waals surface area contributed by atoms with Crippen molar-refractivity contribution < 1.29 is 0 Å². The number of fused-ring (bicyclic) bond motifs is 1. The predicted octanol–water partition coefficient (Wildman–Crippen LogP) is 5.35. The summed E-state index contributed by atoms with van der Waals surface area (Å²) in [6, 6.07) is 14.5. The van der Waals surface area contributed by atoms with E-state index in [4.69, 9.17) is 5.73 Å². The molecule has 4 rings (SSSR count). The van der Waals surface area contributed by atoms with Gasteiger partial charge in [-0.05, 0) is 73.1 Å². The van der Waals surface area contributed by atoms with Gasteiger partial charge in [-0.1, -0.05) is 32.9 Å². The van der Waals surface area contributed by atoms with Gasteiger partial charge in [0, 0.05) is 28.5 Å². The van der Waals surface area contributed by atoms with Gasteiger partial charge in [0.25, 0.3) is 0 Å². The van der Waals surface area contributed by atoms with Crippen molar-refractivity contribution in [2.75, 3.05) is 5.73 Å². The minimum absolute atomic E-state index is 0.196. The summed E-state index contributed by atoms with van der Waals surface area (Å²) in [5.74, 6) is 0.582. The Morgan fingerprint density at radius 3 is 2.48 bits per heavy atom. The van der Waals surface area contributed by atoms with Crippen molar-refractivity contribution in [3.8, 4) is 11.3 Å². The zero-order chi connectivity index (χ0) is 22.0. The molecule has 1 aromatic carbocycles. The van der Waals surface area contributed by atoms with E-state index in [1.54, 1.807) is 6.33 Å². The molecule has 0 bridgehead atoms. The normalized spacial score (nSPS) is 11.7. The van der Waals surface area contributed by atoms with Crippen LogP contribution in [0.25, 0.3) is 22.2 Å². The van der Waals surface area contributed by atoms with Crippen LogP contribution >= 0.6 is 0 Å². The van der Waals surface area contributed by atoms with E-state index in [2.05, 4.69) is 78.0 Å². The maximum atomic E-state index is 6.28. The molecule has 5 nitrogen and oxygen atoms in total. The molecule has 0 fully saturated rings. The average Bonchev–Trinajstić information content (AvgIpc) is 2.71. The third kappa shape index (κ3) is 5.05. The van der Waals surface area contributed by atoms with E-state index in [9.17, 15) is 0 Å². The second kappa shape index (κ2) is 8.42. The van der Waals surface area contributed by atoms with Crippen LogP contribution in [0.2, 0.25) is 0 Å². The first kappa shape index (κ1) is 20.9. The Morgan fingerprint density at radius 2 is 1.71 bits per heavy atom. The smallest absolute Gasteiger partial charge is 0.127 e. The van der Waals surface area contributed by atoms with Gasteiger partial charge in [0.15, 0.2) is 0 Å². The Balaban J connectivity index is 1.59. The summed E-state index contributed by atoms with van der Waals surface area (Å²) in [6.07, 6.45) is 6.01. The second-order valence-electron chi connectivity index (χ2n) is 9.35. The maximum absolute atomic E-state index is 6.28. The highest BCUT2D eigenvalue weighted by molar-refractivity contribution is 5.86. The number of hydrogen-bond donors (Lipinski definition) is 1. The lowest BCUT2D eigenvalue weighted by Gasteiger charge is -2.17. The summed E-state index contributed by atoms with van der Waals surface area (Å²) in [7, 11) is 0. The topological polar surface area (TPSA) is 77.6 Å². The van der Waals surface area contributed by atoms with Crippen molar-refractivity contribution in [2.45, 2.75) is 47.0 Å². The van der Waals surface area contributed by atoms with Gasteiger partial charge in [0.05, 0.1) is 11.2 Å². The Hall–Kier alpha value is -3.34. The highest BCUT2D eigenvalue weighted by atomic mass is 14.8. The van der Waals surface area contributed by atoms with Crippen LogP contribution in [0.15, 0.2) is 55.0 Å². The standard InChI is InChI=1S/C26H29N5/c1-17-6-5-11-28-24(17)18-8-10-23-20(12-18)13-19(25(27)31-23)7-9-21-14-22(30-16-29-21)15-26(2,3)4/h5-6,8,10-14,16H,7,9,15H2,1-4H3,(H2,27,31). The molecule has 0 aliphatic heterocycles. The van der Waals surface area contributed by atoms with E-state index in [-0.39, 0.29) is 5.41 Å². The molecule has 2 N–H and O–H groups in total. The lowest BCUT2D eigenvalue weighted by Crippen LogP contribution is -2.11. The van der Waals surface area contributed by atoms with Crippen molar-refractivity contribution in [2.24, 2.45) is 5.41 Å². The largest absolute Gasteiger partial charge is 0.383 e. The van der Waals surface area contributed by atoms with Gasteiger partial charge in [0.1, 0.15) is 12.1 Å². The number of pyridine rings is 2. The summed E-state index contributed by atoms with van der Waals surface area (Å²) < 4.78 is 0. The SMILES string of the molecule is Cc1cccnc1-c1ccc2nc(N)c(CCc3cc(CC(C)(C)C)ncn3)cc2c1. The third-order valence-corrected chi connectivity index (χ3v) is 5.35. The van der Waals surface area contributed by atoms with Crippen molar-refractivity contribution in [3.05, 3.63) is 77.5 Å². The molecule has 0 saturated carbocycles. The third-order valence-electron chi connectivity index (χ3n) is 5.35. The monoisotopic (exact) mass is 411 g/mol. The quantitative estimate of drug-likeness (QED) is 0.479. The number of benzene rings is 1. The van der Waals surface area contributed by atoms with Crippen LogP contribution in [0, 0.1) is 12.3 Å². The minimum Gasteiger partial charge on any atom is -0.383 e. The maximum Gasteiger partial charge on any atom is 0.127 e. The van der Waals surface area contributed by atoms with Crippen LogP contribution in [-0.4, -0.2) is 19.9 Å². The zero-order valence-electron chi connectivity index (χ0n) is 18.7. The number of hydrogen-bond acceptors (Lipinski definition) is 5. The molecule has 0 atom stereocenters. The first-order valence-corrected chi connectivity index (χ1v) is 10.7. The fraction of sp³-hybridized carbons (Fsp3) is 0.308. The van der Waals surface area contributed by atoms with Gasteiger partial charge < -0.3 is 5.73 Å². The molecule has 0 aliphatic carbocycles. The van der Waals surface area contributed by atoms with Crippen molar-refractivity contribution in [1.29, 1.82) is 0 Å². The zero-order valence-corrected chi connectivity index (χ0v) is 18.7. The first-order valence-electron chi connectivity index (χ1n) is 10.7. The molecular formula is C26H29N5. The molecule has 0 radical (unpaired) electrons. The number of nitrogens with two attached hydrogens (primary N) is 1. The van der Waals surface area contributed by atoms with Crippen LogP contribution in [0.1, 0.15) is 43.3 Å². The first-order chi connectivity index (χ1) is 14.8. The molecular weight excluding hydrogens is 382 g/mol. The van der Waals surface area contributed by atoms with Crippen LogP contribution < -0.4 is 5.73 Å². The lowest BCUT2D eigenvalue weighted by molar-refractivity contribution is 0.405. The molecule has 3 heterocycles. The Bertz CT molecular complexity index is 1220. The number of aromatic nitrogens is 4. The molecule has 4 aromatic rings. The Labute approximate surface area is 183 Å². The van der Waals surface area contributed by atoms with Crippen molar-refractivity contribution >= 4 is 16.7 Å². The van der Waals surface area contributed by atoms with Gasteiger partial charge >= 0.3 is 0 Å². The molecule has 0 aliphatic rings. The van der Waals surface area contributed by atoms with Gasteiger partial charge in [-0.3, -0.25) is 4.98 Å². The van der Waals surface area contributed by atoms with Crippen LogP contribution in [0.3, 0.4) is 0 Å². The number of nitrogens with zero attached hydrogens (tertiary/aromatic N) is 4. The molecule has 0 unspecified atom stereocenters. The van der Waals surface area contributed by atoms with Gasteiger partial charge in [0.2, 0.25) is 0 Å². The summed E-state index contributed by atoms with van der Waals surface area (Å²) in [5, 5.41) is 1.07. The van der Waals surface area contributed by atoms with Gasteiger partial charge in [-0.25, -0.2) is 15.0 Å². The minimum atomic E-state index is 0.196. The number of nitrogen functional groups attached to an aromatic ring is 1. The molecule has 158 valence electrons. The number of anilines is 1. The molecule has 3 aromatic heterocycles. The number of aryl methyl sites for hydroxylation is 3. The fourth-order valence-electron chi connectivity index (χ4n) is 3.85. The van der Waals surface area contributed by atoms with E-state index in [0.717, 1.165) is 63.9 Å². The van der Waals surface area contributed by atoms with E-state index < -0.39 is 0 Å². The summed E-state index contributed by atoms with van der Waals surface area (Å²) in [4.78, 5) is 18.1. The fourth-order valence-corrected chi connectivity index (χ4v) is 3.85. The average molecular weight is 412 g/mol. The molecule has 31 heavy (non-hydrogen) atoms. The predicted molar refractivity (Wildman–Crippen MR) is 127 cm³/mol. The van der Waals surface area contributed by atoms with Crippen molar-refractivity contribution in [3.63, 3.8) is 0 Å². The van der Waals surface area contributed by atoms with Gasteiger partial charge in [-0.2, -0.15) is 0 Å². The lowest BCUT2D eigenvalue weighted by atomic mass is 9.90. The highest BCUT2D eigenvalue weighted by Gasteiger charge is 2.13. The second-order valence-corrected chi connectivity index (χ2v) is 9.35. The van der Waals surface area contributed by atoms with Gasteiger partial charge in [-0.15, -0.1) is 0 Å². The molecule has 0 saturated heterocycles. The summed E-state index contributed by atoms with van der Waals surface area (Å²) in [5.41, 5.74) is 13.8. The van der Waals surface area contributed by atoms with Crippen molar-refractivity contribution in [1.82, 2.24) is 19.9 Å². The highest BCUT2D eigenvalue weighted by Crippen LogP contribution is 2.27. The van der Waals surface area contributed by atoms with E-state index in [1.165, 1.54) is 0 Å². The molecule has 5 heteroatoms. The van der Waals surface area contributed by atoms with E-state index in [1.807, 2.05) is 18.3 Å². The molecule has 0 spiro atoms. The molecule has 0 amide bonds. The number of rotatable bonds is 5. The van der Waals surface area contributed by atoms with E-state index in [0.29, 0.717) is 5.82 Å². The Morgan fingerprint density at radius 1 is 0.903 bits per heavy atom. The van der Waals surface area contributed by atoms with Crippen LogP contribution in [-0.2, 0) is 19.3 Å². The van der Waals surface area contributed by atoms with Crippen LogP contribution in [0.4, 0.5) is 5.82 Å². The summed E-state index contributed by atoms with van der Waals surface area (Å²) >= 11 is 0. The van der Waals surface area contributed by atoms with Crippen LogP contribution in [0.5, 0.6) is 0 Å².